The normalized spacial score (nSPS) is 33.7. The number of fused-ring (bicyclic) bond motifs is 2. The summed E-state index contributed by atoms with van der Waals surface area (Å²) >= 11 is 0. The van der Waals surface area contributed by atoms with Gasteiger partial charge in [-0.1, -0.05) is 13.8 Å². The van der Waals surface area contributed by atoms with E-state index in [1.165, 1.54) is 26.4 Å². The Morgan fingerprint density at radius 1 is 1.16 bits per heavy atom. The van der Waals surface area contributed by atoms with Gasteiger partial charge in [0.15, 0.2) is 0 Å². The molecule has 3 unspecified atom stereocenters. The SMILES string of the molecule is COC(CN1C(=O)C=CC1=O)(OC)OOC1(C)CCC2CC1C2(C)C. The molecule has 3 fully saturated rings. The molecule has 0 aromatic heterocycles. The van der Waals surface area contributed by atoms with Crippen molar-refractivity contribution in [3.63, 3.8) is 0 Å². The average Bonchev–Trinajstić information content (AvgIpc) is 2.90. The van der Waals surface area contributed by atoms with Gasteiger partial charge in [-0.15, -0.1) is 0 Å². The van der Waals surface area contributed by atoms with E-state index in [9.17, 15) is 9.59 Å². The molecule has 7 heteroatoms. The van der Waals surface area contributed by atoms with Gasteiger partial charge in [-0.2, -0.15) is 4.89 Å². The standard InChI is InChI=1S/C18H27NO6/c1-16(2)12-8-9-17(3,13(16)10-12)24-25-18(22-4,23-5)11-19-14(20)6-7-15(19)21/h6-7,12-13H,8-11H2,1-5H3. The molecule has 0 spiro atoms. The van der Waals surface area contributed by atoms with Crippen molar-refractivity contribution in [2.75, 3.05) is 20.8 Å². The van der Waals surface area contributed by atoms with Gasteiger partial charge >= 0.3 is 5.97 Å². The highest BCUT2D eigenvalue weighted by Crippen LogP contribution is 2.63. The number of carbonyl (C=O) groups is 2. The van der Waals surface area contributed by atoms with Crippen LogP contribution < -0.4 is 0 Å². The molecule has 25 heavy (non-hydrogen) atoms. The number of nitrogens with zero attached hydrogens (tertiary/aromatic N) is 1. The van der Waals surface area contributed by atoms with Crippen LogP contribution in [0.5, 0.6) is 0 Å². The maximum absolute atomic E-state index is 11.8. The lowest BCUT2D eigenvalue weighted by Crippen LogP contribution is -2.62. The molecule has 0 saturated heterocycles. The molecule has 0 radical (unpaired) electrons. The molecule has 1 heterocycles. The van der Waals surface area contributed by atoms with Crippen molar-refractivity contribution in [2.24, 2.45) is 17.3 Å². The van der Waals surface area contributed by atoms with E-state index < -0.39 is 23.4 Å². The van der Waals surface area contributed by atoms with E-state index in [1.54, 1.807) is 0 Å². The van der Waals surface area contributed by atoms with Gasteiger partial charge in [-0.3, -0.25) is 14.5 Å². The first-order valence-electron chi connectivity index (χ1n) is 8.68. The highest BCUT2D eigenvalue weighted by atomic mass is 17.3. The molecule has 1 aliphatic heterocycles. The first-order valence-corrected chi connectivity index (χ1v) is 8.68. The smallest absolute Gasteiger partial charge is 0.328 e. The molecule has 2 amide bonds. The number of ether oxygens (including phenoxy) is 2. The van der Waals surface area contributed by atoms with Crippen molar-refractivity contribution in [1.82, 2.24) is 4.90 Å². The van der Waals surface area contributed by atoms with Crippen LogP contribution in [0.4, 0.5) is 0 Å². The molecule has 2 bridgehead atoms. The predicted molar refractivity (Wildman–Crippen MR) is 87.8 cm³/mol. The number of carbonyl (C=O) groups excluding carboxylic acids is 2. The molecule has 0 N–H and O–H groups in total. The Labute approximate surface area is 148 Å². The molecule has 3 atom stereocenters. The summed E-state index contributed by atoms with van der Waals surface area (Å²) in [5.74, 6) is -1.42. The summed E-state index contributed by atoms with van der Waals surface area (Å²) in [5, 5.41) is 0. The fourth-order valence-electron chi connectivity index (χ4n) is 4.52. The number of hydrogen-bond acceptors (Lipinski definition) is 6. The van der Waals surface area contributed by atoms with Crippen LogP contribution in [0.3, 0.4) is 0 Å². The molecule has 140 valence electrons. The van der Waals surface area contributed by atoms with E-state index >= 15 is 0 Å². The van der Waals surface area contributed by atoms with Crippen LogP contribution in [-0.4, -0.2) is 49.1 Å². The number of hydrogen-bond donors (Lipinski definition) is 0. The van der Waals surface area contributed by atoms with E-state index in [-0.39, 0.29) is 12.0 Å². The van der Waals surface area contributed by atoms with Crippen molar-refractivity contribution < 1.29 is 28.8 Å². The Morgan fingerprint density at radius 3 is 2.24 bits per heavy atom. The fraction of sp³-hybridized carbons (Fsp3) is 0.778. The maximum Gasteiger partial charge on any atom is 0.330 e. The molecule has 4 aliphatic rings. The minimum Gasteiger partial charge on any atom is -0.328 e. The van der Waals surface area contributed by atoms with Gasteiger partial charge in [-0.05, 0) is 43.4 Å². The third-order valence-electron chi connectivity index (χ3n) is 6.43. The molecular formula is C18H27NO6. The van der Waals surface area contributed by atoms with Crippen molar-refractivity contribution in [1.29, 1.82) is 0 Å². The van der Waals surface area contributed by atoms with Crippen molar-refractivity contribution in [3.8, 4) is 0 Å². The summed E-state index contributed by atoms with van der Waals surface area (Å²) in [7, 11) is 2.77. The molecular weight excluding hydrogens is 326 g/mol. The van der Waals surface area contributed by atoms with E-state index in [1.807, 2.05) is 6.92 Å². The minimum atomic E-state index is -1.66. The average molecular weight is 353 g/mol. The third kappa shape index (κ3) is 2.93. The van der Waals surface area contributed by atoms with E-state index in [4.69, 9.17) is 19.2 Å². The maximum atomic E-state index is 11.8. The Kier molecular flexibility index (Phi) is 4.56. The van der Waals surface area contributed by atoms with Crippen LogP contribution in [0.25, 0.3) is 0 Å². The van der Waals surface area contributed by atoms with Crippen molar-refractivity contribution in [3.05, 3.63) is 12.2 Å². The summed E-state index contributed by atoms with van der Waals surface area (Å²) in [6, 6.07) is 0. The topological polar surface area (TPSA) is 74.3 Å². The summed E-state index contributed by atoms with van der Waals surface area (Å²) in [4.78, 5) is 36.1. The zero-order chi connectivity index (χ0) is 18.5. The van der Waals surface area contributed by atoms with Crippen LogP contribution in [0, 0.1) is 17.3 Å². The second-order valence-electron chi connectivity index (χ2n) is 8.01. The van der Waals surface area contributed by atoms with Gasteiger partial charge in [0.1, 0.15) is 12.1 Å². The Hall–Kier alpha value is -1.28. The second-order valence-corrected chi connectivity index (χ2v) is 8.01. The van der Waals surface area contributed by atoms with Crippen LogP contribution >= 0.6 is 0 Å². The molecule has 0 aromatic rings. The van der Waals surface area contributed by atoms with Crippen LogP contribution in [-0.2, 0) is 28.8 Å². The third-order valence-corrected chi connectivity index (χ3v) is 6.43. The molecule has 7 nitrogen and oxygen atoms in total. The lowest BCUT2D eigenvalue weighted by molar-refractivity contribution is -0.534. The van der Waals surface area contributed by atoms with E-state index in [2.05, 4.69) is 13.8 Å². The number of amides is 2. The van der Waals surface area contributed by atoms with E-state index in [0.717, 1.165) is 30.1 Å². The molecule has 0 aromatic carbocycles. The predicted octanol–water partition coefficient (Wildman–Crippen LogP) is 2.02. The van der Waals surface area contributed by atoms with Crippen molar-refractivity contribution >= 4 is 11.8 Å². The summed E-state index contributed by atoms with van der Waals surface area (Å²) in [6.45, 7) is 6.36. The van der Waals surface area contributed by atoms with Gasteiger partial charge in [0.05, 0.1) is 0 Å². The highest BCUT2D eigenvalue weighted by molar-refractivity contribution is 6.12. The number of methoxy groups -OCH3 is 2. The van der Waals surface area contributed by atoms with E-state index in [0.29, 0.717) is 5.92 Å². The monoisotopic (exact) mass is 353 g/mol. The lowest BCUT2D eigenvalue weighted by Gasteiger charge is -2.63. The largest absolute Gasteiger partial charge is 0.330 e. The number of imide groups is 1. The molecule has 3 saturated carbocycles. The van der Waals surface area contributed by atoms with Crippen LogP contribution in [0.15, 0.2) is 12.2 Å². The number of rotatable bonds is 7. The zero-order valence-corrected chi connectivity index (χ0v) is 15.5. The summed E-state index contributed by atoms with van der Waals surface area (Å²) in [5.41, 5.74) is -0.248. The first kappa shape index (κ1) is 18.5. The first-order chi connectivity index (χ1) is 11.7. The Bertz CT molecular complexity index is 576. The van der Waals surface area contributed by atoms with Gasteiger partial charge < -0.3 is 9.47 Å². The quantitative estimate of drug-likeness (QED) is 0.302. The van der Waals surface area contributed by atoms with Crippen LogP contribution in [0.2, 0.25) is 0 Å². The Balaban J connectivity index is 1.70. The molecule has 3 aliphatic carbocycles. The fourth-order valence-corrected chi connectivity index (χ4v) is 4.52. The summed E-state index contributed by atoms with van der Waals surface area (Å²) < 4.78 is 10.7. The van der Waals surface area contributed by atoms with Gasteiger partial charge in [0, 0.05) is 26.4 Å². The summed E-state index contributed by atoms with van der Waals surface area (Å²) in [6.07, 6.45) is 5.51. The Morgan fingerprint density at radius 2 is 1.76 bits per heavy atom. The van der Waals surface area contributed by atoms with Gasteiger partial charge in [-0.25, -0.2) is 4.89 Å². The zero-order valence-electron chi connectivity index (χ0n) is 15.5. The second kappa shape index (κ2) is 6.16. The van der Waals surface area contributed by atoms with Crippen molar-refractivity contribution in [2.45, 2.75) is 51.6 Å². The molecule has 4 rings (SSSR count). The lowest BCUT2D eigenvalue weighted by atomic mass is 9.44. The van der Waals surface area contributed by atoms with Gasteiger partial charge in [0.25, 0.3) is 11.8 Å². The minimum absolute atomic E-state index is 0.211. The van der Waals surface area contributed by atoms with Gasteiger partial charge in [0.2, 0.25) is 0 Å². The highest BCUT2D eigenvalue weighted by Gasteiger charge is 2.61. The van der Waals surface area contributed by atoms with Crippen LogP contribution in [0.1, 0.15) is 40.0 Å².